The molecule has 2 heterocycles. The molecule has 0 atom stereocenters. The molecule has 6 aromatic carbocycles. The summed E-state index contributed by atoms with van der Waals surface area (Å²) >= 11 is 0.224. The molecule has 4 heteroatoms. The molecule has 202 valence electrons. The number of hydrogen-bond acceptors (Lipinski definition) is 3. The minimum atomic E-state index is 0.224. The Morgan fingerprint density at radius 1 is 0.372 bits per heavy atom. The molecule has 0 radical (unpaired) electrons. The van der Waals surface area contributed by atoms with Crippen molar-refractivity contribution in [1.29, 1.82) is 0 Å². The molecule has 8 rings (SSSR count). The monoisotopic (exact) mass is 615 g/mol. The van der Waals surface area contributed by atoms with Crippen LogP contribution in [0.4, 0.5) is 0 Å². The second-order valence-corrected chi connectivity index (χ2v) is 12.7. The van der Waals surface area contributed by atoms with Crippen LogP contribution in [0.15, 0.2) is 152 Å². The van der Waals surface area contributed by atoms with E-state index in [-0.39, 0.29) is 14.5 Å². The Morgan fingerprint density at radius 3 is 1.70 bits per heavy atom. The number of aromatic nitrogens is 3. The van der Waals surface area contributed by atoms with Gasteiger partial charge in [0.05, 0.1) is 0 Å². The van der Waals surface area contributed by atoms with E-state index in [1.54, 1.807) is 0 Å². The Kier molecular flexibility index (Phi) is 6.49. The zero-order chi connectivity index (χ0) is 28.6. The Bertz CT molecular complexity index is 2220. The first kappa shape index (κ1) is 25.6. The first-order valence-electron chi connectivity index (χ1n) is 14.3. The standard InChI is InChI=1S/C39H25N3Se/c1-4-14-26(15-5-1)29-20-10-11-21-30(29)36-32(24-25-34-37(36)31-22-12-13-23-33(31)43-34)39-35(27-16-6-2-7-17-27)38(40-42-41-39)28-18-8-3-9-19-28/h1-25H. The van der Waals surface area contributed by atoms with E-state index in [9.17, 15) is 0 Å². The van der Waals surface area contributed by atoms with E-state index in [1.165, 1.54) is 41.5 Å². The number of rotatable bonds is 5. The van der Waals surface area contributed by atoms with Crippen LogP contribution in [0.1, 0.15) is 0 Å². The summed E-state index contributed by atoms with van der Waals surface area (Å²) in [6, 6.07) is 53.6. The molecule has 0 bridgehead atoms. The molecular weight excluding hydrogens is 589 g/mol. The molecular formula is C39H25N3Se. The zero-order valence-corrected chi connectivity index (χ0v) is 24.9. The van der Waals surface area contributed by atoms with Crippen LogP contribution in [0.25, 0.3) is 75.2 Å². The fourth-order valence-corrected chi connectivity index (χ4v) is 8.39. The van der Waals surface area contributed by atoms with Gasteiger partial charge in [-0.05, 0) is 0 Å². The maximum atomic E-state index is 4.83. The van der Waals surface area contributed by atoms with E-state index in [1.807, 2.05) is 24.3 Å². The van der Waals surface area contributed by atoms with Crippen molar-refractivity contribution in [3.05, 3.63) is 152 Å². The van der Waals surface area contributed by atoms with Crippen LogP contribution in [0.5, 0.6) is 0 Å². The van der Waals surface area contributed by atoms with Gasteiger partial charge in [-0.2, -0.15) is 0 Å². The third kappa shape index (κ3) is 4.49. The number of hydrogen-bond donors (Lipinski definition) is 0. The fourth-order valence-electron chi connectivity index (χ4n) is 6.05. The van der Waals surface area contributed by atoms with E-state index < -0.39 is 0 Å². The molecule has 0 aliphatic heterocycles. The second-order valence-electron chi connectivity index (χ2n) is 10.5. The van der Waals surface area contributed by atoms with Gasteiger partial charge in [0.15, 0.2) is 0 Å². The average Bonchev–Trinajstić information content (AvgIpc) is 3.47. The van der Waals surface area contributed by atoms with Crippen LogP contribution in [-0.4, -0.2) is 29.9 Å². The van der Waals surface area contributed by atoms with E-state index >= 15 is 0 Å². The molecule has 0 aliphatic rings. The molecule has 8 aromatic rings. The fraction of sp³-hybridized carbons (Fsp3) is 0. The van der Waals surface area contributed by atoms with Crippen molar-refractivity contribution in [3.8, 4) is 55.9 Å². The number of fused-ring (bicyclic) bond motifs is 3. The second kappa shape index (κ2) is 10.9. The van der Waals surface area contributed by atoms with Crippen molar-refractivity contribution in [2.45, 2.75) is 0 Å². The van der Waals surface area contributed by atoms with E-state index in [4.69, 9.17) is 5.10 Å². The third-order valence-corrected chi connectivity index (χ3v) is 10.3. The summed E-state index contributed by atoms with van der Waals surface area (Å²) in [6.07, 6.45) is 0. The molecule has 2 aromatic heterocycles. The Hall–Kier alpha value is -5.15. The first-order chi connectivity index (χ1) is 21.4. The van der Waals surface area contributed by atoms with Crippen molar-refractivity contribution >= 4 is 33.8 Å². The topological polar surface area (TPSA) is 38.7 Å². The van der Waals surface area contributed by atoms with Gasteiger partial charge in [0, 0.05) is 0 Å². The summed E-state index contributed by atoms with van der Waals surface area (Å²) in [6.45, 7) is 0. The van der Waals surface area contributed by atoms with E-state index in [0.717, 1.165) is 33.6 Å². The van der Waals surface area contributed by atoms with Gasteiger partial charge in [-0.15, -0.1) is 0 Å². The van der Waals surface area contributed by atoms with Crippen LogP contribution in [-0.2, 0) is 0 Å². The molecule has 0 saturated heterocycles. The summed E-state index contributed by atoms with van der Waals surface area (Å²) in [5.41, 5.74) is 10.5. The third-order valence-electron chi connectivity index (χ3n) is 7.95. The van der Waals surface area contributed by atoms with Gasteiger partial charge in [0.2, 0.25) is 0 Å². The van der Waals surface area contributed by atoms with Gasteiger partial charge in [-0.3, -0.25) is 0 Å². The number of nitrogens with zero attached hydrogens (tertiary/aromatic N) is 3. The van der Waals surface area contributed by atoms with Crippen molar-refractivity contribution in [2.75, 3.05) is 0 Å². The number of benzene rings is 6. The van der Waals surface area contributed by atoms with E-state index in [2.05, 4.69) is 138 Å². The molecule has 0 unspecified atom stereocenters. The van der Waals surface area contributed by atoms with Crippen LogP contribution in [0.3, 0.4) is 0 Å². The molecule has 0 saturated carbocycles. The van der Waals surface area contributed by atoms with Gasteiger partial charge < -0.3 is 0 Å². The molecule has 0 spiro atoms. The van der Waals surface area contributed by atoms with E-state index in [0.29, 0.717) is 0 Å². The molecule has 0 N–H and O–H groups in total. The normalized spacial score (nSPS) is 11.3. The maximum absolute atomic E-state index is 4.83. The molecule has 0 aliphatic carbocycles. The van der Waals surface area contributed by atoms with Crippen LogP contribution in [0, 0.1) is 0 Å². The van der Waals surface area contributed by atoms with Gasteiger partial charge in [0.1, 0.15) is 0 Å². The van der Waals surface area contributed by atoms with Crippen LogP contribution < -0.4 is 0 Å². The summed E-state index contributed by atoms with van der Waals surface area (Å²) in [5.74, 6) is 0. The Morgan fingerprint density at radius 2 is 0.953 bits per heavy atom. The van der Waals surface area contributed by atoms with Gasteiger partial charge in [0.25, 0.3) is 0 Å². The quantitative estimate of drug-likeness (QED) is 0.181. The predicted molar refractivity (Wildman–Crippen MR) is 179 cm³/mol. The van der Waals surface area contributed by atoms with Crippen molar-refractivity contribution in [2.24, 2.45) is 0 Å². The van der Waals surface area contributed by atoms with Crippen molar-refractivity contribution in [1.82, 2.24) is 15.4 Å². The van der Waals surface area contributed by atoms with Gasteiger partial charge in [-0.25, -0.2) is 0 Å². The molecule has 0 amide bonds. The summed E-state index contributed by atoms with van der Waals surface area (Å²) in [5, 5.41) is 16.4. The summed E-state index contributed by atoms with van der Waals surface area (Å²) in [4.78, 5) is 0. The molecule has 43 heavy (non-hydrogen) atoms. The first-order valence-corrected chi connectivity index (χ1v) is 16.0. The van der Waals surface area contributed by atoms with Crippen molar-refractivity contribution in [3.63, 3.8) is 0 Å². The van der Waals surface area contributed by atoms with Crippen LogP contribution >= 0.6 is 0 Å². The van der Waals surface area contributed by atoms with Crippen LogP contribution in [0.2, 0.25) is 0 Å². The predicted octanol–water partition coefficient (Wildman–Crippen LogP) is 9.57. The Balaban J connectivity index is 1.53. The average molecular weight is 615 g/mol. The SMILES string of the molecule is c1ccc(-c2ccccc2-c2c(-c3nnnc(-c4ccccc4)c3-c3ccccc3)ccc3[se]c4ccccc4c23)cc1. The van der Waals surface area contributed by atoms with Gasteiger partial charge >= 0.3 is 257 Å². The summed E-state index contributed by atoms with van der Waals surface area (Å²) < 4.78 is 2.80. The molecule has 0 fully saturated rings. The van der Waals surface area contributed by atoms with Gasteiger partial charge in [-0.1, -0.05) is 0 Å². The zero-order valence-electron chi connectivity index (χ0n) is 23.2. The minimum absolute atomic E-state index is 0.224. The molecule has 3 nitrogen and oxygen atoms in total. The van der Waals surface area contributed by atoms with Crippen molar-refractivity contribution < 1.29 is 0 Å². The Labute approximate surface area is 255 Å². The summed E-state index contributed by atoms with van der Waals surface area (Å²) in [7, 11) is 0.